The van der Waals surface area contributed by atoms with Gasteiger partial charge in [0.1, 0.15) is 34.9 Å². The second kappa shape index (κ2) is 31.4. The summed E-state index contributed by atoms with van der Waals surface area (Å²) in [4.78, 5) is 116. The van der Waals surface area contributed by atoms with E-state index in [-0.39, 0.29) is 92.7 Å². The highest BCUT2D eigenvalue weighted by Gasteiger charge is 2.54. The first-order valence-corrected chi connectivity index (χ1v) is 45.9. The third kappa shape index (κ3) is 14.8. The average molecular weight is 1690 g/mol. The Labute approximate surface area is 715 Å². The molecule has 0 N–H and O–H groups in total. The summed E-state index contributed by atoms with van der Waals surface area (Å²) in [5.74, 6) is 3.83. The van der Waals surface area contributed by atoms with Crippen molar-refractivity contribution in [1.82, 2.24) is 58.1 Å². The third-order valence-corrected chi connectivity index (χ3v) is 31.8. The van der Waals surface area contributed by atoms with E-state index in [2.05, 4.69) is 100 Å². The van der Waals surface area contributed by atoms with Gasteiger partial charge in [-0.2, -0.15) is 15.0 Å². The van der Waals surface area contributed by atoms with Gasteiger partial charge in [-0.1, -0.05) is 56.1 Å². The lowest BCUT2D eigenvalue weighted by atomic mass is 9.81. The Hall–Kier alpha value is -9.51. The van der Waals surface area contributed by atoms with Crippen LogP contribution >= 0.6 is 35.3 Å². The number of aryl methyl sites for hydroxylation is 3. The first kappa shape index (κ1) is 81.2. The van der Waals surface area contributed by atoms with Crippen molar-refractivity contribution < 1.29 is 27.6 Å². The predicted molar refractivity (Wildman–Crippen MR) is 477 cm³/mol. The fraction of sp³-hybridized carbons (Fsp3) is 0.457. The lowest BCUT2D eigenvalue weighted by Gasteiger charge is -2.50. The predicted octanol–water partition coefficient (Wildman–Crippen LogP) is 13.3. The van der Waals surface area contributed by atoms with Gasteiger partial charge in [0.2, 0.25) is 17.7 Å². The normalized spacial score (nSPS) is 22.9. The minimum Gasteiger partial charge on any atom is -0.352 e. The standard InChI is InChI=1S/2C32H36FN5O2S.C30H32FN5O2S/c1-5-26(39)36-13-21(4)37(14-20(36)3)30-25-12-19(2)27(22-6-8-23(33)9-7-22)29-28(25)38(31(40)34-30)17-32(18-41-29)15-35(16-32)24-10-11-24;1-5-26(39)38-20(3)13-35(14-21(38)4)30-25-12-19(2)27(22-6-8-23(33)9-7-22)29-28(25)37(31(40)34-30)17-32(18-41-29)15-36(16-32)24-10-11-24;1-3-24(37)33-10-12-34(13-11-33)28-23-14-19(2)25(20-4-6-21(31)7-5-20)27-26(23)36(29(38)32-28)17-30(18-39-27)15-35(16-30)22-8-9-22/h2*5-9,12,20-21,24H,1,10-11,13-18H2,2-4H3;3-7,14,22H,1,8-13,15-18H2,2H3/t2*20-,21+;/m1../s1. The Balaban J connectivity index is 0.000000120. The second-order valence-corrected chi connectivity index (χ2v) is 39.7. The molecule has 3 spiro atoms. The van der Waals surface area contributed by atoms with Crippen LogP contribution in [-0.2, 0) is 34.0 Å². The fourth-order valence-electron chi connectivity index (χ4n) is 21.1. The maximum absolute atomic E-state index is 14.0. The molecule has 0 unspecified atom stereocenters. The Morgan fingerprint density at radius 2 is 0.752 bits per heavy atom. The molecule has 3 aromatic heterocycles. The minimum absolute atomic E-state index is 0.0237. The van der Waals surface area contributed by atoms with Gasteiger partial charge in [-0.25, -0.2) is 27.6 Å². The summed E-state index contributed by atoms with van der Waals surface area (Å²) in [5, 5.41) is 2.90. The maximum atomic E-state index is 14.0. The lowest BCUT2D eigenvalue weighted by molar-refractivity contribution is -0.131. The van der Waals surface area contributed by atoms with Crippen molar-refractivity contribution in [3.63, 3.8) is 0 Å². The van der Waals surface area contributed by atoms with E-state index in [9.17, 15) is 41.9 Å². The van der Waals surface area contributed by atoms with Crippen molar-refractivity contribution in [3.05, 3.63) is 195 Å². The zero-order chi connectivity index (χ0) is 84.1. The summed E-state index contributed by atoms with van der Waals surface area (Å²) in [6.07, 6.45) is 11.8. The van der Waals surface area contributed by atoms with Crippen molar-refractivity contribution in [2.45, 2.75) is 164 Å². The van der Waals surface area contributed by atoms with Gasteiger partial charge in [0, 0.05) is 235 Å². The molecular weight excluding hydrogens is 1590 g/mol. The number of piperazine rings is 3. The Morgan fingerprint density at radius 3 is 1.10 bits per heavy atom. The summed E-state index contributed by atoms with van der Waals surface area (Å²) in [6.45, 7) is 38.0. The van der Waals surface area contributed by atoms with Gasteiger partial charge in [0.15, 0.2) is 0 Å². The second-order valence-electron chi connectivity index (χ2n) is 36.7. The van der Waals surface area contributed by atoms with Crippen LogP contribution in [0.3, 0.4) is 0 Å². The SMILES string of the molecule is C=CC(=O)N1CCN(c2nc(=O)n3c4c(c(-c5ccc(F)cc5)c(C)cc24)SCC2(CN(C4CC4)C2)C3)CC1.C=CC(=O)N1C[C@H](C)N(c2nc(=O)n3c4c(c(-c5ccc(F)cc5)c(C)cc24)SCC2(CN(C4CC4)C2)C3)C[C@H]1C.C=CC(=O)N1[C@H](C)CN(c2nc(=O)n3c4c(c(-c5ccc(F)cc5)c(C)cc24)SCC2(CN(C4CC4)C2)C3)C[C@@H]1C. The van der Waals surface area contributed by atoms with Crippen LogP contribution in [-0.4, -0.2) is 227 Å². The number of carbonyl (C=O) groups is 3. The smallest absolute Gasteiger partial charge is 0.350 e. The molecule has 12 heterocycles. The summed E-state index contributed by atoms with van der Waals surface area (Å²) in [5.41, 5.74) is 11.5. The van der Waals surface area contributed by atoms with E-state index >= 15 is 0 Å². The molecule has 0 radical (unpaired) electrons. The largest absolute Gasteiger partial charge is 0.352 e. The zero-order valence-corrected chi connectivity index (χ0v) is 72.4. The summed E-state index contributed by atoms with van der Waals surface area (Å²) in [7, 11) is 0. The molecule has 3 saturated carbocycles. The number of amides is 3. The number of nitrogens with zero attached hydrogens (tertiary/aromatic N) is 15. The number of benzene rings is 6. The number of carbonyl (C=O) groups excluding carboxylic acids is 3. The van der Waals surface area contributed by atoms with Crippen LogP contribution < -0.4 is 31.8 Å². The van der Waals surface area contributed by atoms with Gasteiger partial charge in [-0.05, 0) is 193 Å². The van der Waals surface area contributed by atoms with Crippen molar-refractivity contribution in [3.8, 4) is 33.4 Å². The fourth-order valence-corrected chi connectivity index (χ4v) is 25.6. The van der Waals surface area contributed by atoms with Crippen molar-refractivity contribution >= 4 is 103 Å². The molecule has 630 valence electrons. The van der Waals surface area contributed by atoms with Crippen LogP contribution in [0.4, 0.5) is 30.6 Å². The molecule has 27 heteroatoms. The molecule has 0 bridgehead atoms. The lowest BCUT2D eigenvalue weighted by Crippen LogP contribution is -2.60. The molecule has 21 nitrogen and oxygen atoms in total. The number of aromatic nitrogens is 6. The Morgan fingerprint density at radius 1 is 0.413 bits per heavy atom. The molecule has 6 saturated heterocycles. The average Bonchev–Trinajstić information content (AvgIpc) is 1.35. The highest BCUT2D eigenvalue weighted by molar-refractivity contribution is 8.00. The number of hydrogen-bond acceptors (Lipinski definition) is 18. The van der Waals surface area contributed by atoms with Crippen LogP contribution in [0, 0.1) is 54.5 Å². The minimum atomic E-state index is -0.264. The number of halogens is 3. The molecule has 9 fully saturated rings. The van der Waals surface area contributed by atoms with E-state index in [1.54, 1.807) is 4.90 Å². The van der Waals surface area contributed by atoms with Gasteiger partial charge in [0.25, 0.3) is 0 Å². The van der Waals surface area contributed by atoms with Gasteiger partial charge in [-0.15, -0.1) is 35.3 Å². The topological polar surface area (TPSA) is 185 Å². The van der Waals surface area contributed by atoms with Gasteiger partial charge >= 0.3 is 17.1 Å². The van der Waals surface area contributed by atoms with Crippen LogP contribution in [0.2, 0.25) is 0 Å². The monoisotopic (exact) mass is 1690 g/mol. The molecule has 3 amide bonds. The molecule has 9 aromatic rings. The third-order valence-electron chi connectivity index (χ3n) is 27.5. The van der Waals surface area contributed by atoms with Gasteiger partial charge in [0.05, 0.1) is 16.6 Å². The number of hydrogen-bond donors (Lipinski definition) is 0. The summed E-state index contributed by atoms with van der Waals surface area (Å²) < 4.78 is 47.5. The molecule has 4 atom stereocenters. The Kier molecular flexibility index (Phi) is 21.0. The van der Waals surface area contributed by atoms with Crippen LogP contribution in [0.25, 0.3) is 66.1 Å². The Bertz CT molecular complexity index is 5930. The van der Waals surface area contributed by atoms with Crippen molar-refractivity contribution in [2.24, 2.45) is 16.2 Å². The van der Waals surface area contributed by atoms with Gasteiger partial charge in [-0.3, -0.25) is 42.8 Å². The first-order chi connectivity index (χ1) is 58.2. The van der Waals surface area contributed by atoms with Crippen LogP contribution in [0.5, 0.6) is 0 Å². The van der Waals surface area contributed by atoms with E-state index in [4.69, 9.17) is 9.97 Å². The first-order valence-electron chi connectivity index (χ1n) is 42.9. The van der Waals surface area contributed by atoms with Crippen molar-refractivity contribution in [2.75, 3.05) is 124 Å². The number of anilines is 3. The number of likely N-dealkylation sites (tertiary alicyclic amines) is 3. The van der Waals surface area contributed by atoms with E-state index in [0.717, 1.165) is 154 Å². The molecule has 21 rings (SSSR count). The molecular formula is C94H104F3N15O6S3. The highest BCUT2D eigenvalue weighted by atomic mass is 32.2. The highest BCUT2D eigenvalue weighted by Crippen LogP contribution is 2.55. The zero-order valence-electron chi connectivity index (χ0n) is 70.0. The molecule has 3 aliphatic carbocycles. The van der Waals surface area contributed by atoms with Crippen LogP contribution in [0.15, 0.2) is 158 Å². The maximum Gasteiger partial charge on any atom is 0.350 e. The van der Waals surface area contributed by atoms with Crippen LogP contribution in [0.1, 0.15) is 82.9 Å². The van der Waals surface area contributed by atoms with Crippen molar-refractivity contribution in [1.29, 1.82) is 0 Å². The van der Waals surface area contributed by atoms with E-state index in [1.165, 1.54) is 93.2 Å². The summed E-state index contributed by atoms with van der Waals surface area (Å²) >= 11 is 5.52. The van der Waals surface area contributed by atoms with E-state index in [1.807, 2.05) is 116 Å². The molecule has 9 aliphatic heterocycles. The van der Waals surface area contributed by atoms with Gasteiger partial charge < -0.3 is 29.4 Å². The molecule has 6 aromatic carbocycles. The number of thioether (sulfide) groups is 3. The number of rotatable bonds is 12. The van der Waals surface area contributed by atoms with E-state index < -0.39 is 0 Å². The molecule has 121 heavy (non-hydrogen) atoms. The summed E-state index contributed by atoms with van der Waals surface area (Å²) in [6, 6.07) is 28.4. The quantitative estimate of drug-likeness (QED) is 0.105. The van der Waals surface area contributed by atoms with E-state index in [0.29, 0.717) is 108 Å². The molecule has 12 aliphatic rings.